The lowest BCUT2D eigenvalue weighted by molar-refractivity contribution is -0.189. The van der Waals surface area contributed by atoms with Gasteiger partial charge < -0.3 is 20.3 Å². The number of likely N-dealkylation sites (tertiary alicyclic amines) is 1. The predicted octanol–water partition coefficient (Wildman–Crippen LogP) is 6.07. The van der Waals surface area contributed by atoms with Crippen molar-refractivity contribution in [1.82, 2.24) is 4.90 Å². The number of rotatable bonds is 5. The van der Waals surface area contributed by atoms with E-state index in [9.17, 15) is 40.3 Å². The molecule has 3 rings (SSSR count). The maximum atomic E-state index is 14.7. The molecule has 0 aliphatic carbocycles. The molecule has 14 heteroatoms. The minimum Gasteiger partial charge on any atom is -0.480 e. The van der Waals surface area contributed by atoms with Crippen molar-refractivity contribution >= 4 is 34.9 Å². The Morgan fingerprint density at radius 3 is 2.40 bits per heavy atom. The van der Waals surface area contributed by atoms with Gasteiger partial charge in [0.25, 0.3) is 11.8 Å². The van der Waals surface area contributed by atoms with Crippen LogP contribution >= 0.6 is 11.6 Å². The SMILES string of the molecule is CC(Oc1cc(NC(=O)N2CCC(F)(F)C2)c(F)cc1C(=O)Nc1c(F)cccc1Cl)C(F)(F)F. The van der Waals surface area contributed by atoms with Gasteiger partial charge in [-0.3, -0.25) is 4.79 Å². The highest BCUT2D eigenvalue weighted by atomic mass is 35.5. The molecule has 0 radical (unpaired) electrons. The summed E-state index contributed by atoms with van der Waals surface area (Å²) in [5.41, 5.74) is -2.01. The molecule has 6 nitrogen and oxygen atoms in total. The Morgan fingerprint density at radius 1 is 1.14 bits per heavy atom. The van der Waals surface area contributed by atoms with Crippen LogP contribution in [0.15, 0.2) is 30.3 Å². The lowest BCUT2D eigenvalue weighted by Crippen LogP contribution is -2.35. The van der Waals surface area contributed by atoms with Gasteiger partial charge in [-0.05, 0) is 25.1 Å². The van der Waals surface area contributed by atoms with Gasteiger partial charge in [0.15, 0.2) is 6.10 Å². The molecule has 0 bridgehead atoms. The number of para-hydroxylation sites is 1. The molecule has 1 fully saturated rings. The number of carbonyl (C=O) groups is 2. The highest BCUT2D eigenvalue weighted by molar-refractivity contribution is 6.34. The molecular weight excluding hydrogens is 511 g/mol. The first-order chi connectivity index (χ1) is 16.2. The zero-order valence-electron chi connectivity index (χ0n) is 17.8. The fourth-order valence-corrected chi connectivity index (χ4v) is 3.29. The van der Waals surface area contributed by atoms with E-state index >= 15 is 0 Å². The molecule has 0 aromatic heterocycles. The number of nitrogens with zero attached hydrogens (tertiary/aromatic N) is 1. The number of alkyl halides is 5. The average Bonchev–Trinajstić information content (AvgIpc) is 3.12. The van der Waals surface area contributed by atoms with E-state index < -0.39 is 77.4 Å². The van der Waals surface area contributed by atoms with Crippen molar-refractivity contribution in [3.05, 3.63) is 52.6 Å². The van der Waals surface area contributed by atoms with Gasteiger partial charge in [-0.2, -0.15) is 13.2 Å². The van der Waals surface area contributed by atoms with E-state index in [0.717, 1.165) is 6.07 Å². The molecule has 1 aliphatic heterocycles. The Labute approximate surface area is 199 Å². The van der Waals surface area contributed by atoms with Gasteiger partial charge in [-0.25, -0.2) is 22.4 Å². The van der Waals surface area contributed by atoms with Crippen LogP contribution in [0.3, 0.4) is 0 Å². The molecule has 1 aliphatic rings. The van der Waals surface area contributed by atoms with Gasteiger partial charge in [0.1, 0.15) is 17.4 Å². The minimum atomic E-state index is -4.89. The normalized spacial score (nSPS) is 16.1. The summed E-state index contributed by atoms with van der Waals surface area (Å²) >= 11 is 5.83. The van der Waals surface area contributed by atoms with E-state index in [1.807, 2.05) is 10.6 Å². The van der Waals surface area contributed by atoms with Crippen molar-refractivity contribution < 1.29 is 45.1 Å². The van der Waals surface area contributed by atoms with Crippen LogP contribution in [-0.4, -0.2) is 48.1 Å². The molecule has 35 heavy (non-hydrogen) atoms. The van der Waals surface area contributed by atoms with Crippen molar-refractivity contribution in [2.24, 2.45) is 0 Å². The third-order valence-electron chi connectivity index (χ3n) is 4.98. The fourth-order valence-electron chi connectivity index (χ4n) is 3.08. The van der Waals surface area contributed by atoms with Crippen molar-refractivity contribution in [2.75, 3.05) is 23.7 Å². The van der Waals surface area contributed by atoms with Crippen molar-refractivity contribution in [1.29, 1.82) is 0 Å². The summed E-state index contributed by atoms with van der Waals surface area (Å²) in [6.07, 6.45) is -7.98. The molecule has 0 spiro atoms. The highest BCUT2D eigenvalue weighted by Crippen LogP contribution is 2.34. The molecule has 1 saturated heterocycles. The molecule has 1 heterocycles. The Kier molecular flexibility index (Phi) is 7.39. The summed E-state index contributed by atoms with van der Waals surface area (Å²) in [4.78, 5) is 25.6. The first-order valence-corrected chi connectivity index (χ1v) is 10.3. The van der Waals surface area contributed by atoms with Gasteiger partial charge in [-0.15, -0.1) is 0 Å². The molecule has 2 aromatic rings. The fraction of sp³-hybridized carbons (Fsp3) is 0.333. The molecule has 190 valence electrons. The van der Waals surface area contributed by atoms with Gasteiger partial charge >= 0.3 is 12.2 Å². The minimum absolute atomic E-state index is 0.240. The summed E-state index contributed by atoms with van der Waals surface area (Å²) in [6.45, 7) is -0.652. The van der Waals surface area contributed by atoms with Crippen molar-refractivity contribution in [2.45, 2.75) is 31.5 Å². The number of benzene rings is 2. The van der Waals surface area contributed by atoms with Crippen LogP contribution < -0.4 is 15.4 Å². The van der Waals surface area contributed by atoms with E-state index in [1.165, 1.54) is 12.1 Å². The van der Waals surface area contributed by atoms with Crippen LogP contribution in [0, 0.1) is 11.6 Å². The van der Waals surface area contributed by atoms with E-state index in [2.05, 4.69) is 0 Å². The molecule has 2 N–H and O–H groups in total. The van der Waals surface area contributed by atoms with Crippen LogP contribution in [-0.2, 0) is 0 Å². The lowest BCUT2D eigenvalue weighted by Gasteiger charge is -2.22. The number of anilines is 2. The molecule has 1 unspecified atom stereocenters. The predicted molar refractivity (Wildman–Crippen MR) is 112 cm³/mol. The molecule has 1 atom stereocenters. The molecule has 2 aromatic carbocycles. The molecule has 0 saturated carbocycles. The Hall–Kier alpha value is -3.22. The number of carbonyl (C=O) groups excluding carboxylic acids is 2. The summed E-state index contributed by atoms with van der Waals surface area (Å²) < 4.78 is 99.5. The van der Waals surface area contributed by atoms with Crippen LogP contribution in [0.4, 0.5) is 46.9 Å². The number of halogens is 8. The number of amides is 3. The summed E-state index contributed by atoms with van der Waals surface area (Å²) in [5, 5.41) is 3.78. The highest BCUT2D eigenvalue weighted by Gasteiger charge is 2.41. The van der Waals surface area contributed by atoms with E-state index in [-0.39, 0.29) is 11.6 Å². The van der Waals surface area contributed by atoms with E-state index in [0.29, 0.717) is 24.0 Å². The quantitative estimate of drug-likeness (QED) is 0.464. The standard InChI is InChI=1S/C21H17ClF7N3O3/c1-10(21(27,28)29)35-16-8-15(30-19(34)32-6-5-20(25,26)9-32)14(24)7-11(16)18(33)31-17-12(22)3-2-4-13(17)23/h2-4,7-8,10H,5-6,9H2,1H3,(H,30,34)(H,31,33). The Bertz CT molecular complexity index is 1120. The van der Waals surface area contributed by atoms with Gasteiger partial charge in [0, 0.05) is 19.0 Å². The van der Waals surface area contributed by atoms with E-state index in [4.69, 9.17) is 16.3 Å². The van der Waals surface area contributed by atoms with Gasteiger partial charge in [-0.1, -0.05) is 17.7 Å². The summed E-state index contributed by atoms with van der Waals surface area (Å²) in [6, 6.07) is 3.33. The topological polar surface area (TPSA) is 70.7 Å². The van der Waals surface area contributed by atoms with Crippen molar-refractivity contribution in [3.8, 4) is 5.75 Å². The third kappa shape index (κ3) is 6.27. The third-order valence-corrected chi connectivity index (χ3v) is 5.29. The smallest absolute Gasteiger partial charge is 0.425 e. The van der Waals surface area contributed by atoms with Crippen LogP contribution in [0.25, 0.3) is 0 Å². The van der Waals surface area contributed by atoms with E-state index in [1.54, 1.807) is 0 Å². The number of hydrogen-bond acceptors (Lipinski definition) is 3. The number of hydrogen-bond donors (Lipinski definition) is 2. The maximum absolute atomic E-state index is 14.7. The van der Waals surface area contributed by atoms with Crippen LogP contribution in [0.1, 0.15) is 23.7 Å². The maximum Gasteiger partial charge on any atom is 0.425 e. The second kappa shape index (κ2) is 9.80. The van der Waals surface area contributed by atoms with Crippen LogP contribution in [0.5, 0.6) is 5.75 Å². The Balaban J connectivity index is 1.94. The first-order valence-electron chi connectivity index (χ1n) is 9.94. The van der Waals surface area contributed by atoms with Gasteiger partial charge in [0.05, 0.1) is 28.5 Å². The first kappa shape index (κ1) is 26.4. The zero-order chi connectivity index (χ0) is 26.1. The number of ether oxygens (including phenoxy) is 1. The molecule has 3 amide bonds. The second-order valence-electron chi connectivity index (χ2n) is 7.64. The summed E-state index contributed by atoms with van der Waals surface area (Å²) in [7, 11) is 0. The summed E-state index contributed by atoms with van der Waals surface area (Å²) in [5.74, 6) is -7.48. The lowest BCUT2D eigenvalue weighted by atomic mass is 10.1. The monoisotopic (exact) mass is 527 g/mol. The van der Waals surface area contributed by atoms with Gasteiger partial charge in [0.2, 0.25) is 0 Å². The largest absolute Gasteiger partial charge is 0.480 e. The second-order valence-corrected chi connectivity index (χ2v) is 8.05. The Morgan fingerprint density at radius 2 is 1.83 bits per heavy atom. The number of urea groups is 1. The zero-order valence-corrected chi connectivity index (χ0v) is 18.5. The van der Waals surface area contributed by atoms with Crippen LogP contribution in [0.2, 0.25) is 5.02 Å². The average molecular weight is 528 g/mol. The molecular formula is C21H17ClF7N3O3. The van der Waals surface area contributed by atoms with Crippen molar-refractivity contribution in [3.63, 3.8) is 0 Å². The number of nitrogens with one attached hydrogen (secondary N) is 2.